The van der Waals surface area contributed by atoms with Crippen molar-refractivity contribution in [1.82, 2.24) is 20.3 Å². The standard InChI is InChI=1S/C17H25N5O3/c1-4-22-10-14(9-19-22)16-13(5-6-24-16)8-18-12(3)17(23)20-15-7-11(2)25-21-15/h7,9-10,12-13,16,18H,4-6,8H2,1-3H3,(H,20,21,23)/t12-,13-,16+/m0/s1. The quantitative estimate of drug-likeness (QED) is 0.794. The maximum absolute atomic E-state index is 12.2. The molecule has 0 bridgehead atoms. The Kier molecular flexibility index (Phi) is 5.50. The van der Waals surface area contributed by atoms with Crippen LogP contribution in [0.25, 0.3) is 0 Å². The number of aryl methyl sites for hydroxylation is 2. The second kappa shape index (κ2) is 7.79. The summed E-state index contributed by atoms with van der Waals surface area (Å²) in [5.74, 6) is 1.28. The summed E-state index contributed by atoms with van der Waals surface area (Å²) in [5, 5.41) is 14.1. The van der Waals surface area contributed by atoms with Crippen LogP contribution >= 0.6 is 0 Å². The fourth-order valence-corrected chi connectivity index (χ4v) is 2.99. The van der Waals surface area contributed by atoms with E-state index >= 15 is 0 Å². The Hall–Kier alpha value is -2.19. The van der Waals surface area contributed by atoms with Gasteiger partial charge < -0.3 is 19.9 Å². The van der Waals surface area contributed by atoms with E-state index in [0.717, 1.165) is 25.1 Å². The predicted octanol–water partition coefficient (Wildman–Crippen LogP) is 1.89. The molecule has 1 aliphatic rings. The summed E-state index contributed by atoms with van der Waals surface area (Å²) >= 11 is 0. The first-order valence-corrected chi connectivity index (χ1v) is 8.68. The highest BCUT2D eigenvalue weighted by Crippen LogP contribution is 2.33. The van der Waals surface area contributed by atoms with Crippen LogP contribution < -0.4 is 10.6 Å². The molecule has 3 heterocycles. The lowest BCUT2D eigenvalue weighted by molar-refractivity contribution is -0.117. The van der Waals surface area contributed by atoms with Crippen LogP contribution in [0, 0.1) is 12.8 Å². The van der Waals surface area contributed by atoms with Gasteiger partial charge >= 0.3 is 0 Å². The summed E-state index contributed by atoms with van der Waals surface area (Å²) in [6, 6.07) is 1.35. The number of carbonyl (C=O) groups excluding carboxylic acids is 1. The molecule has 0 radical (unpaired) electrons. The van der Waals surface area contributed by atoms with E-state index in [1.165, 1.54) is 0 Å². The van der Waals surface area contributed by atoms with Crippen LogP contribution in [0.3, 0.4) is 0 Å². The van der Waals surface area contributed by atoms with Crippen LogP contribution in [0.5, 0.6) is 0 Å². The molecule has 1 aliphatic heterocycles. The Morgan fingerprint density at radius 2 is 2.36 bits per heavy atom. The van der Waals surface area contributed by atoms with Gasteiger partial charge in [-0.05, 0) is 27.2 Å². The van der Waals surface area contributed by atoms with Gasteiger partial charge in [-0.2, -0.15) is 5.10 Å². The molecule has 1 amide bonds. The SMILES string of the molecule is CCn1cc([C@@H]2OCC[C@H]2CN[C@@H](C)C(=O)Nc2cc(C)on2)cn1. The molecule has 25 heavy (non-hydrogen) atoms. The van der Waals surface area contributed by atoms with Crippen LogP contribution in [0.2, 0.25) is 0 Å². The van der Waals surface area contributed by atoms with Crippen LogP contribution in [-0.2, 0) is 16.1 Å². The Labute approximate surface area is 146 Å². The maximum Gasteiger partial charge on any atom is 0.242 e. The van der Waals surface area contributed by atoms with Crippen molar-refractivity contribution >= 4 is 11.7 Å². The van der Waals surface area contributed by atoms with E-state index in [0.29, 0.717) is 24.0 Å². The van der Waals surface area contributed by atoms with Gasteiger partial charge in [0, 0.05) is 43.4 Å². The van der Waals surface area contributed by atoms with Gasteiger partial charge in [0.1, 0.15) is 5.76 Å². The summed E-state index contributed by atoms with van der Waals surface area (Å²) in [4.78, 5) is 12.2. The number of ether oxygens (including phenoxy) is 1. The second-order valence-corrected chi connectivity index (χ2v) is 6.41. The number of amides is 1. The first kappa shape index (κ1) is 17.6. The summed E-state index contributed by atoms with van der Waals surface area (Å²) in [6.45, 7) is 7.95. The number of hydrogen-bond acceptors (Lipinski definition) is 6. The molecular formula is C17H25N5O3. The molecule has 3 atom stereocenters. The molecule has 1 fully saturated rings. The monoisotopic (exact) mass is 347 g/mol. The molecule has 2 N–H and O–H groups in total. The molecule has 8 heteroatoms. The van der Waals surface area contributed by atoms with E-state index in [1.807, 2.05) is 24.0 Å². The maximum atomic E-state index is 12.2. The first-order valence-electron chi connectivity index (χ1n) is 8.68. The van der Waals surface area contributed by atoms with Gasteiger partial charge in [0.25, 0.3) is 0 Å². The van der Waals surface area contributed by atoms with E-state index in [9.17, 15) is 4.79 Å². The van der Waals surface area contributed by atoms with Crippen molar-refractivity contribution in [2.24, 2.45) is 5.92 Å². The van der Waals surface area contributed by atoms with Crippen molar-refractivity contribution < 1.29 is 14.1 Å². The second-order valence-electron chi connectivity index (χ2n) is 6.41. The van der Waals surface area contributed by atoms with E-state index in [-0.39, 0.29) is 18.1 Å². The van der Waals surface area contributed by atoms with E-state index in [2.05, 4.69) is 27.8 Å². The molecule has 2 aromatic heterocycles. The van der Waals surface area contributed by atoms with Crippen LogP contribution in [0.15, 0.2) is 23.0 Å². The zero-order valence-corrected chi connectivity index (χ0v) is 14.9. The van der Waals surface area contributed by atoms with Crippen molar-refractivity contribution in [2.75, 3.05) is 18.5 Å². The lowest BCUT2D eigenvalue weighted by Gasteiger charge is -2.20. The smallest absolute Gasteiger partial charge is 0.242 e. The molecule has 2 aromatic rings. The third-order valence-electron chi connectivity index (χ3n) is 4.48. The summed E-state index contributed by atoms with van der Waals surface area (Å²) in [6.07, 6.45) is 4.90. The highest BCUT2D eigenvalue weighted by atomic mass is 16.5. The topological polar surface area (TPSA) is 94.2 Å². The minimum absolute atomic E-state index is 0.0289. The molecule has 0 spiro atoms. The largest absolute Gasteiger partial charge is 0.373 e. The van der Waals surface area contributed by atoms with Gasteiger partial charge in [-0.25, -0.2) is 0 Å². The average Bonchev–Trinajstić information content (AvgIpc) is 3.32. The van der Waals surface area contributed by atoms with Gasteiger partial charge in [-0.1, -0.05) is 5.16 Å². The lowest BCUT2D eigenvalue weighted by atomic mass is 9.97. The van der Waals surface area contributed by atoms with Gasteiger partial charge in [0.2, 0.25) is 5.91 Å². The molecule has 0 aromatic carbocycles. The van der Waals surface area contributed by atoms with Crippen LogP contribution in [0.4, 0.5) is 5.82 Å². The van der Waals surface area contributed by atoms with Crippen LogP contribution in [-0.4, -0.2) is 40.0 Å². The first-order chi connectivity index (χ1) is 12.1. The molecule has 136 valence electrons. The average molecular weight is 347 g/mol. The fourth-order valence-electron chi connectivity index (χ4n) is 2.99. The molecule has 0 aliphatic carbocycles. The Bertz CT molecular complexity index is 711. The molecule has 8 nitrogen and oxygen atoms in total. The van der Waals surface area contributed by atoms with Crippen molar-refractivity contribution in [3.8, 4) is 0 Å². The van der Waals surface area contributed by atoms with Gasteiger partial charge in [0.15, 0.2) is 5.82 Å². The number of hydrogen-bond donors (Lipinski definition) is 2. The molecule has 0 unspecified atom stereocenters. The highest BCUT2D eigenvalue weighted by Gasteiger charge is 2.31. The Morgan fingerprint density at radius 1 is 1.52 bits per heavy atom. The van der Waals surface area contributed by atoms with Crippen molar-refractivity contribution in [2.45, 2.75) is 45.9 Å². The molecule has 3 rings (SSSR count). The number of nitrogens with one attached hydrogen (secondary N) is 2. The zero-order chi connectivity index (χ0) is 17.8. The summed E-state index contributed by atoms with van der Waals surface area (Å²) < 4.78 is 12.7. The predicted molar refractivity (Wildman–Crippen MR) is 92.0 cm³/mol. The van der Waals surface area contributed by atoms with Crippen molar-refractivity contribution in [1.29, 1.82) is 0 Å². The minimum Gasteiger partial charge on any atom is -0.373 e. The number of carbonyl (C=O) groups is 1. The summed E-state index contributed by atoms with van der Waals surface area (Å²) in [5.41, 5.74) is 1.10. The fraction of sp³-hybridized carbons (Fsp3) is 0.588. The van der Waals surface area contributed by atoms with Gasteiger partial charge in [-0.15, -0.1) is 0 Å². The zero-order valence-electron chi connectivity index (χ0n) is 14.9. The third kappa shape index (κ3) is 4.26. The minimum atomic E-state index is -0.336. The normalized spacial score (nSPS) is 21.4. The summed E-state index contributed by atoms with van der Waals surface area (Å²) in [7, 11) is 0. The van der Waals surface area contributed by atoms with E-state index in [1.54, 1.807) is 13.0 Å². The number of anilines is 1. The third-order valence-corrected chi connectivity index (χ3v) is 4.48. The molecule has 0 saturated carbocycles. The van der Waals surface area contributed by atoms with Gasteiger partial charge in [-0.3, -0.25) is 9.48 Å². The molecular weight excluding hydrogens is 322 g/mol. The van der Waals surface area contributed by atoms with E-state index < -0.39 is 0 Å². The number of nitrogens with zero attached hydrogens (tertiary/aromatic N) is 3. The number of rotatable bonds is 7. The van der Waals surface area contributed by atoms with Crippen LogP contribution in [0.1, 0.15) is 37.7 Å². The molecule has 1 saturated heterocycles. The van der Waals surface area contributed by atoms with Crippen molar-refractivity contribution in [3.63, 3.8) is 0 Å². The van der Waals surface area contributed by atoms with Gasteiger partial charge in [0.05, 0.1) is 18.3 Å². The highest BCUT2D eigenvalue weighted by molar-refractivity contribution is 5.93. The number of aromatic nitrogens is 3. The van der Waals surface area contributed by atoms with Crippen molar-refractivity contribution in [3.05, 3.63) is 29.8 Å². The van der Waals surface area contributed by atoms with E-state index in [4.69, 9.17) is 9.26 Å². The lowest BCUT2D eigenvalue weighted by Crippen LogP contribution is -2.40. The Morgan fingerprint density at radius 3 is 3.04 bits per heavy atom. The Balaban J connectivity index is 1.52.